The number of benzene rings is 1. The molecule has 1 amide bonds. The van der Waals surface area contributed by atoms with Crippen LogP contribution in [0.25, 0.3) is 0 Å². The molecule has 2 N–H and O–H groups in total. The van der Waals surface area contributed by atoms with Gasteiger partial charge in [-0.15, -0.1) is 0 Å². The molecule has 0 aliphatic carbocycles. The summed E-state index contributed by atoms with van der Waals surface area (Å²) in [6, 6.07) is 11.8. The average Bonchev–Trinajstić information content (AvgIpc) is 3.21. The molecule has 2 heterocycles. The van der Waals surface area contributed by atoms with Crippen LogP contribution in [0.2, 0.25) is 0 Å². The minimum absolute atomic E-state index is 0.158. The topological polar surface area (TPSA) is 106 Å². The number of hydrogen-bond acceptors (Lipinski definition) is 7. The van der Waals surface area contributed by atoms with Crippen molar-refractivity contribution in [3.05, 3.63) is 72.1 Å². The van der Waals surface area contributed by atoms with Crippen LogP contribution in [0, 0.1) is 0 Å². The number of anilines is 2. The summed E-state index contributed by atoms with van der Waals surface area (Å²) >= 11 is 0. The van der Waals surface area contributed by atoms with Crippen LogP contribution in [0.1, 0.15) is 33.5 Å². The predicted molar refractivity (Wildman–Crippen MR) is 98.4 cm³/mol. The molecule has 0 unspecified atom stereocenters. The van der Waals surface area contributed by atoms with Gasteiger partial charge in [0, 0.05) is 6.07 Å². The number of hydrogen-bond donors (Lipinski definition) is 2. The summed E-state index contributed by atoms with van der Waals surface area (Å²) in [5, 5.41) is 5.74. The highest BCUT2D eigenvalue weighted by molar-refractivity contribution is 6.07. The fourth-order valence-corrected chi connectivity index (χ4v) is 2.33. The second kappa shape index (κ2) is 8.61. The van der Waals surface area contributed by atoms with Gasteiger partial charge < -0.3 is 19.8 Å². The molecule has 1 aromatic carbocycles. The average molecular weight is 366 g/mol. The molecule has 27 heavy (non-hydrogen) atoms. The zero-order valence-electron chi connectivity index (χ0n) is 14.6. The van der Waals surface area contributed by atoms with Gasteiger partial charge in [0.25, 0.3) is 5.91 Å². The zero-order valence-corrected chi connectivity index (χ0v) is 14.6. The van der Waals surface area contributed by atoms with Gasteiger partial charge in [0.15, 0.2) is 0 Å². The van der Waals surface area contributed by atoms with E-state index in [4.69, 9.17) is 9.15 Å². The minimum atomic E-state index is -0.503. The standard InChI is InChI=1S/C19H18N4O4/c1-2-26-19(25)14-7-3-4-8-15(14)23-18(24)16-10-17(22-12-21-16)20-11-13-6-5-9-27-13/h3-10,12H,2,11H2,1H3,(H,23,24)(H,20,21,22). The van der Waals surface area contributed by atoms with Gasteiger partial charge in [-0.3, -0.25) is 4.79 Å². The summed E-state index contributed by atoms with van der Waals surface area (Å²) < 4.78 is 10.2. The number of nitrogens with zero attached hydrogens (tertiary/aromatic N) is 2. The van der Waals surface area contributed by atoms with Crippen LogP contribution in [-0.2, 0) is 11.3 Å². The highest BCUT2D eigenvalue weighted by atomic mass is 16.5. The lowest BCUT2D eigenvalue weighted by Crippen LogP contribution is -2.17. The number of rotatable bonds is 7. The van der Waals surface area contributed by atoms with Crippen LogP contribution in [0.4, 0.5) is 11.5 Å². The number of amides is 1. The Hall–Kier alpha value is -3.68. The summed E-state index contributed by atoms with van der Waals surface area (Å²) in [6.45, 7) is 2.39. The van der Waals surface area contributed by atoms with E-state index >= 15 is 0 Å². The van der Waals surface area contributed by atoms with Crippen molar-refractivity contribution in [2.24, 2.45) is 0 Å². The third-order valence-corrected chi connectivity index (χ3v) is 3.59. The molecule has 3 aromatic rings. The summed E-state index contributed by atoms with van der Waals surface area (Å²) in [7, 11) is 0. The Kier molecular flexibility index (Phi) is 5.78. The van der Waals surface area contributed by atoms with Crippen molar-refractivity contribution >= 4 is 23.4 Å². The molecular weight excluding hydrogens is 348 g/mol. The van der Waals surface area contributed by atoms with Crippen molar-refractivity contribution in [1.82, 2.24) is 9.97 Å². The lowest BCUT2D eigenvalue weighted by molar-refractivity contribution is 0.0527. The third-order valence-electron chi connectivity index (χ3n) is 3.59. The molecule has 0 atom stereocenters. The highest BCUT2D eigenvalue weighted by Crippen LogP contribution is 2.17. The van der Waals surface area contributed by atoms with E-state index < -0.39 is 11.9 Å². The van der Waals surface area contributed by atoms with Crippen molar-refractivity contribution in [1.29, 1.82) is 0 Å². The lowest BCUT2D eigenvalue weighted by atomic mass is 10.1. The van der Waals surface area contributed by atoms with Gasteiger partial charge in [-0.2, -0.15) is 0 Å². The van der Waals surface area contributed by atoms with Gasteiger partial charge in [0.05, 0.1) is 30.7 Å². The summed E-state index contributed by atoms with van der Waals surface area (Å²) in [4.78, 5) is 32.6. The number of esters is 1. The monoisotopic (exact) mass is 366 g/mol. The molecular formula is C19H18N4O4. The van der Waals surface area contributed by atoms with Crippen LogP contribution in [0.5, 0.6) is 0 Å². The SMILES string of the molecule is CCOC(=O)c1ccccc1NC(=O)c1cc(NCc2ccco2)ncn1. The van der Waals surface area contributed by atoms with Crippen molar-refractivity contribution in [2.75, 3.05) is 17.2 Å². The molecule has 0 fully saturated rings. The van der Waals surface area contributed by atoms with E-state index in [0.717, 1.165) is 5.76 Å². The van der Waals surface area contributed by atoms with Crippen LogP contribution < -0.4 is 10.6 Å². The Labute approximate surface area is 155 Å². The number of nitrogens with one attached hydrogen (secondary N) is 2. The van der Waals surface area contributed by atoms with E-state index in [0.29, 0.717) is 18.1 Å². The molecule has 0 saturated heterocycles. The maximum Gasteiger partial charge on any atom is 0.340 e. The predicted octanol–water partition coefficient (Wildman–Crippen LogP) is 3.11. The first kappa shape index (κ1) is 18.1. The molecule has 0 aliphatic heterocycles. The van der Waals surface area contributed by atoms with Crippen molar-refractivity contribution in [3.63, 3.8) is 0 Å². The molecule has 0 aliphatic rings. The Balaban J connectivity index is 1.71. The maximum absolute atomic E-state index is 12.5. The first-order valence-electron chi connectivity index (χ1n) is 8.33. The van der Waals surface area contributed by atoms with Gasteiger partial charge in [-0.25, -0.2) is 14.8 Å². The van der Waals surface area contributed by atoms with Crippen molar-refractivity contribution in [2.45, 2.75) is 13.5 Å². The van der Waals surface area contributed by atoms with E-state index in [2.05, 4.69) is 20.6 Å². The quantitative estimate of drug-likeness (QED) is 0.619. The molecule has 0 spiro atoms. The number of ether oxygens (including phenoxy) is 1. The minimum Gasteiger partial charge on any atom is -0.467 e. The fraction of sp³-hybridized carbons (Fsp3) is 0.158. The van der Waals surface area contributed by atoms with E-state index in [1.807, 2.05) is 6.07 Å². The molecule has 138 valence electrons. The van der Waals surface area contributed by atoms with E-state index in [1.54, 1.807) is 43.5 Å². The Morgan fingerprint density at radius 3 is 2.78 bits per heavy atom. The molecule has 0 bridgehead atoms. The number of para-hydroxylation sites is 1. The highest BCUT2D eigenvalue weighted by Gasteiger charge is 2.16. The number of carbonyl (C=O) groups is 2. The van der Waals surface area contributed by atoms with Crippen LogP contribution in [-0.4, -0.2) is 28.5 Å². The number of furan rings is 1. The molecule has 8 heteroatoms. The molecule has 2 aromatic heterocycles. The van der Waals surface area contributed by atoms with Gasteiger partial charge in [0.2, 0.25) is 0 Å². The third kappa shape index (κ3) is 4.69. The van der Waals surface area contributed by atoms with Crippen LogP contribution in [0.15, 0.2) is 59.5 Å². The summed E-state index contributed by atoms with van der Waals surface area (Å²) in [6.07, 6.45) is 2.87. The first-order chi connectivity index (χ1) is 13.2. The zero-order chi connectivity index (χ0) is 19.1. The van der Waals surface area contributed by atoms with E-state index in [-0.39, 0.29) is 17.9 Å². The number of aromatic nitrogens is 2. The molecule has 0 saturated carbocycles. The fourth-order valence-electron chi connectivity index (χ4n) is 2.33. The second-order valence-electron chi connectivity index (χ2n) is 5.44. The second-order valence-corrected chi connectivity index (χ2v) is 5.44. The van der Waals surface area contributed by atoms with Crippen molar-refractivity contribution in [3.8, 4) is 0 Å². The Bertz CT molecular complexity index is 925. The van der Waals surface area contributed by atoms with E-state index in [1.165, 1.54) is 12.4 Å². The normalized spacial score (nSPS) is 10.3. The first-order valence-corrected chi connectivity index (χ1v) is 8.33. The van der Waals surface area contributed by atoms with Gasteiger partial charge >= 0.3 is 5.97 Å². The Morgan fingerprint density at radius 1 is 1.15 bits per heavy atom. The smallest absolute Gasteiger partial charge is 0.340 e. The number of carbonyl (C=O) groups excluding carboxylic acids is 2. The van der Waals surface area contributed by atoms with Gasteiger partial charge in [0.1, 0.15) is 23.6 Å². The van der Waals surface area contributed by atoms with E-state index in [9.17, 15) is 9.59 Å². The van der Waals surface area contributed by atoms with Gasteiger partial charge in [-0.05, 0) is 31.2 Å². The molecule has 8 nitrogen and oxygen atoms in total. The van der Waals surface area contributed by atoms with Gasteiger partial charge in [-0.1, -0.05) is 12.1 Å². The summed E-state index contributed by atoms with van der Waals surface area (Å²) in [5.41, 5.74) is 0.785. The van der Waals surface area contributed by atoms with Crippen molar-refractivity contribution < 1.29 is 18.7 Å². The maximum atomic E-state index is 12.5. The Morgan fingerprint density at radius 2 is 2.00 bits per heavy atom. The largest absolute Gasteiger partial charge is 0.467 e. The van der Waals surface area contributed by atoms with Crippen LogP contribution >= 0.6 is 0 Å². The molecule has 3 rings (SSSR count). The molecule has 0 radical (unpaired) electrons. The summed E-state index contributed by atoms with van der Waals surface area (Å²) in [5.74, 6) is 0.250. The van der Waals surface area contributed by atoms with Crippen LogP contribution in [0.3, 0.4) is 0 Å². The lowest BCUT2D eigenvalue weighted by Gasteiger charge is -2.10.